The molecular formula is C23H23NO2. The predicted octanol–water partition coefficient (Wildman–Crippen LogP) is 4.77. The summed E-state index contributed by atoms with van der Waals surface area (Å²) in [7, 11) is 0. The topological polar surface area (TPSA) is 38.3 Å². The first-order valence-corrected chi connectivity index (χ1v) is 8.84. The van der Waals surface area contributed by atoms with Crippen LogP contribution < -0.4 is 5.32 Å². The Labute approximate surface area is 154 Å². The Balaban J connectivity index is 2.16. The fourth-order valence-electron chi connectivity index (χ4n) is 3.36. The summed E-state index contributed by atoms with van der Waals surface area (Å²) in [5.41, 5.74) is 2.86. The molecule has 3 nitrogen and oxygen atoms in total. The van der Waals surface area contributed by atoms with Crippen molar-refractivity contribution in [1.82, 2.24) is 5.32 Å². The summed E-state index contributed by atoms with van der Waals surface area (Å²) in [5, 5.41) is 2.96. The van der Waals surface area contributed by atoms with E-state index in [-0.39, 0.29) is 0 Å². The molecule has 0 bridgehead atoms. The minimum absolute atomic E-state index is 0.348. The van der Waals surface area contributed by atoms with Gasteiger partial charge in [0.2, 0.25) is 0 Å². The zero-order valence-electron chi connectivity index (χ0n) is 14.9. The highest BCUT2D eigenvalue weighted by Gasteiger charge is 2.36. The van der Waals surface area contributed by atoms with E-state index in [1.54, 1.807) is 6.92 Å². The standard InChI is InChI=1S/C23H23NO2/c1-2-26-22(25)24-18-23(19-12-6-3-7-13-19,20-14-8-4-9-15-20)21-16-10-5-11-17-21/h3-17H,2,18H2,1H3,(H,24,25). The molecular weight excluding hydrogens is 322 g/mol. The van der Waals surface area contributed by atoms with Crippen molar-refractivity contribution >= 4 is 6.09 Å². The zero-order valence-corrected chi connectivity index (χ0v) is 14.9. The van der Waals surface area contributed by atoms with Gasteiger partial charge in [-0.25, -0.2) is 4.79 Å². The Bertz CT molecular complexity index is 720. The minimum Gasteiger partial charge on any atom is -0.450 e. The van der Waals surface area contributed by atoms with Crippen LogP contribution >= 0.6 is 0 Å². The summed E-state index contributed by atoms with van der Waals surface area (Å²) >= 11 is 0. The maximum Gasteiger partial charge on any atom is 0.407 e. The van der Waals surface area contributed by atoms with Gasteiger partial charge in [-0.2, -0.15) is 0 Å². The second kappa shape index (κ2) is 8.34. The van der Waals surface area contributed by atoms with Crippen LogP contribution in [0.5, 0.6) is 0 Å². The zero-order chi connectivity index (χ0) is 18.2. The molecule has 3 aromatic rings. The third kappa shape index (κ3) is 3.62. The Kier molecular flexibility index (Phi) is 5.69. The Morgan fingerprint density at radius 3 is 1.50 bits per heavy atom. The lowest BCUT2D eigenvalue weighted by atomic mass is 9.69. The number of carbonyl (C=O) groups excluding carboxylic acids is 1. The summed E-state index contributed by atoms with van der Waals surface area (Å²) in [6, 6.07) is 30.8. The number of hydrogen-bond donors (Lipinski definition) is 1. The van der Waals surface area contributed by atoms with Crippen molar-refractivity contribution in [2.75, 3.05) is 13.2 Å². The normalized spacial score (nSPS) is 11.0. The number of amides is 1. The van der Waals surface area contributed by atoms with Crippen LogP contribution in [0.1, 0.15) is 23.6 Å². The van der Waals surface area contributed by atoms with Crippen LogP contribution in [0.15, 0.2) is 91.0 Å². The van der Waals surface area contributed by atoms with Gasteiger partial charge in [-0.05, 0) is 23.6 Å². The molecule has 3 aromatic carbocycles. The maximum atomic E-state index is 12.1. The number of nitrogens with one attached hydrogen (secondary N) is 1. The number of hydrogen-bond acceptors (Lipinski definition) is 2. The fourth-order valence-corrected chi connectivity index (χ4v) is 3.36. The summed E-state index contributed by atoms with van der Waals surface area (Å²) in [4.78, 5) is 12.1. The highest BCUT2D eigenvalue weighted by Crippen LogP contribution is 2.38. The number of alkyl carbamates (subject to hydrolysis) is 1. The van der Waals surface area contributed by atoms with E-state index in [4.69, 9.17) is 4.74 Å². The van der Waals surface area contributed by atoms with Crippen LogP contribution in [0.3, 0.4) is 0 Å². The van der Waals surface area contributed by atoms with Gasteiger partial charge in [0, 0.05) is 6.54 Å². The smallest absolute Gasteiger partial charge is 0.407 e. The van der Waals surface area contributed by atoms with Crippen molar-refractivity contribution in [3.8, 4) is 0 Å². The van der Waals surface area contributed by atoms with Gasteiger partial charge in [0.1, 0.15) is 0 Å². The van der Waals surface area contributed by atoms with Crippen molar-refractivity contribution in [3.05, 3.63) is 108 Å². The van der Waals surface area contributed by atoms with Crippen LogP contribution in [0.25, 0.3) is 0 Å². The van der Waals surface area contributed by atoms with Crippen molar-refractivity contribution in [3.63, 3.8) is 0 Å². The van der Waals surface area contributed by atoms with Crippen molar-refractivity contribution in [2.45, 2.75) is 12.3 Å². The molecule has 3 rings (SSSR count). The monoisotopic (exact) mass is 345 g/mol. The molecule has 0 spiro atoms. The molecule has 1 amide bonds. The van der Waals surface area contributed by atoms with Crippen LogP contribution in [0.4, 0.5) is 4.79 Å². The van der Waals surface area contributed by atoms with Gasteiger partial charge in [0.15, 0.2) is 0 Å². The van der Waals surface area contributed by atoms with Crippen molar-refractivity contribution in [2.24, 2.45) is 0 Å². The molecule has 0 saturated carbocycles. The minimum atomic E-state index is -0.503. The first kappa shape index (κ1) is 17.7. The highest BCUT2D eigenvalue weighted by molar-refractivity contribution is 5.68. The van der Waals surface area contributed by atoms with Crippen molar-refractivity contribution in [1.29, 1.82) is 0 Å². The molecule has 0 aliphatic heterocycles. The average molecular weight is 345 g/mol. The summed E-state index contributed by atoms with van der Waals surface area (Å²) in [6.07, 6.45) is -0.403. The van der Waals surface area contributed by atoms with E-state index < -0.39 is 11.5 Å². The van der Waals surface area contributed by atoms with Gasteiger partial charge in [0.05, 0.1) is 12.0 Å². The molecule has 3 heteroatoms. The third-order valence-electron chi connectivity index (χ3n) is 4.57. The van der Waals surface area contributed by atoms with E-state index in [0.29, 0.717) is 13.2 Å². The molecule has 0 unspecified atom stereocenters. The van der Waals surface area contributed by atoms with E-state index in [9.17, 15) is 4.79 Å². The molecule has 0 heterocycles. The fraction of sp³-hybridized carbons (Fsp3) is 0.174. The van der Waals surface area contributed by atoms with Crippen LogP contribution in [-0.2, 0) is 10.2 Å². The van der Waals surface area contributed by atoms with E-state index in [1.807, 2.05) is 54.6 Å². The van der Waals surface area contributed by atoms with Gasteiger partial charge < -0.3 is 10.1 Å². The van der Waals surface area contributed by atoms with Gasteiger partial charge in [-0.15, -0.1) is 0 Å². The summed E-state index contributed by atoms with van der Waals surface area (Å²) in [5.74, 6) is 0. The first-order chi connectivity index (χ1) is 12.8. The van der Waals surface area contributed by atoms with Gasteiger partial charge in [-0.1, -0.05) is 91.0 Å². The summed E-state index contributed by atoms with van der Waals surface area (Å²) in [6.45, 7) is 2.56. The molecule has 26 heavy (non-hydrogen) atoms. The van der Waals surface area contributed by atoms with Crippen molar-refractivity contribution < 1.29 is 9.53 Å². The van der Waals surface area contributed by atoms with Crippen LogP contribution in [0, 0.1) is 0 Å². The predicted molar refractivity (Wildman–Crippen MR) is 104 cm³/mol. The van der Waals surface area contributed by atoms with E-state index in [1.165, 1.54) is 0 Å². The molecule has 0 saturated heterocycles. The maximum absolute atomic E-state index is 12.1. The SMILES string of the molecule is CCOC(=O)NCC(c1ccccc1)(c1ccccc1)c1ccccc1. The number of benzene rings is 3. The molecule has 0 atom stereocenters. The third-order valence-corrected chi connectivity index (χ3v) is 4.57. The molecule has 0 aromatic heterocycles. The second-order valence-electron chi connectivity index (χ2n) is 6.08. The van der Waals surface area contributed by atoms with E-state index >= 15 is 0 Å². The molecule has 0 aliphatic rings. The second-order valence-corrected chi connectivity index (χ2v) is 6.08. The molecule has 0 aliphatic carbocycles. The van der Waals surface area contributed by atoms with E-state index in [2.05, 4.69) is 41.7 Å². The number of carbonyl (C=O) groups is 1. The van der Waals surface area contributed by atoms with Gasteiger partial charge in [-0.3, -0.25) is 0 Å². The molecule has 1 N–H and O–H groups in total. The lowest BCUT2D eigenvalue weighted by molar-refractivity contribution is 0.151. The Morgan fingerprint density at radius 1 is 0.769 bits per heavy atom. The van der Waals surface area contributed by atoms with Crippen LogP contribution in [0.2, 0.25) is 0 Å². The van der Waals surface area contributed by atoms with Crippen LogP contribution in [-0.4, -0.2) is 19.2 Å². The highest BCUT2D eigenvalue weighted by atomic mass is 16.5. The number of ether oxygens (including phenoxy) is 1. The Morgan fingerprint density at radius 2 is 1.15 bits per heavy atom. The number of rotatable bonds is 6. The van der Waals surface area contributed by atoms with E-state index in [0.717, 1.165) is 16.7 Å². The molecule has 0 radical (unpaired) electrons. The lowest BCUT2D eigenvalue weighted by Crippen LogP contribution is -2.42. The lowest BCUT2D eigenvalue weighted by Gasteiger charge is -2.36. The van der Waals surface area contributed by atoms with Gasteiger partial charge >= 0.3 is 6.09 Å². The first-order valence-electron chi connectivity index (χ1n) is 8.84. The average Bonchev–Trinajstić information content (AvgIpc) is 2.71. The largest absolute Gasteiger partial charge is 0.450 e. The quantitative estimate of drug-likeness (QED) is 0.654. The molecule has 132 valence electrons. The Hall–Kier alpha value is -3.07. The van der Waals surface area contributed by atoms with Gasteiger partial charge in [0.25, 0.3) is 0 Å². The summed E-state index contributed by atoms with van der Waals surface area (Å²) < 4.78 is 5.09. The molecule has 0 fully saturated rings.